The molecule has 2 rings (SSSR count). The molecule has 0 saturated heterocycles. The fourth-order valence-corrected chi connectivity index (χ4v) is 3.86. The summed E-state index contributed by atoms with van der Waals surface area (Å²) in [5.41, 5.74) is 2.44. The second-order valence-corrected chi connectivity index (χ2v) is 7.07. The molecule has 0 aliphatic heterocycles. The Labute approximate surface area is 127 Å². The van der Waals surface area contributed by atoms with Crippen LogP contribution in [0.5, 0.6) is 0 Å². The molecular weight excluding hydrogens is 320 g/mol. The van der Waals surface area contributed by atoms with Crippen molar-refractivity contribution in [2.24, 2.45) is 0 Å². The van der Waals surface area contributed by atoms with Crippen LogP contribution in [-0.2, 0) is 0 Å². The molecule has 0 aliphatic rings. The van der Waals surface area contributed by atoms with E-state index < -0.39 is 0 Å². The van der Waals surface area contributed by atoms with E-state index in [1.807, 2.05) is 6.07 Å². The second-order valence-electron chi connectivity index (χ2n) is 4.81. The Bertz CT molecular complexity index is 565. The smallest absolute Gasteiger partial charge is 0.0900 e. The van der Waals surface area contributed by atoms with Gasteiger partial charge in [-0.15, -0.1) is 11.3 Å². The van der Waals surface area contributed by atoms with Crippen LogP contribution in [0.1, 0.15) is 47.1 Å². The third-order valence-corrected chi connectivity index (χ3v) is 4.85. The highest BCUT2D eigenvalue weighted by molar-refractivity contribution is 9.10. The van der Waals surface area contributed by atoms with Gasteiger partial charge in [0.25, 0.3) is 0 Å². The zero-order valence-electron chi connectivity index (χ0n) is 11.7. The van der Waals surface area contributed by atoms with E-state index in [0.717, 1.165) is 9.48 Å². The van der Waals surface area contributed by atoms with Gasteiger partial charge < -0.3 is 5.32 Å². The van der Waals surface area contributed by atoms with Gasteiger partial charge in [-0.2, -0.15) is 0 Å². The molecule has 0 fully saturated rings. The van der Waals surface area contributed by atoms with Gasteiger partial charge in [0.05, 0.1) is 10.7 Å². The third kappa shape index (κ3) is 3.44. The number of thiazole rings is 1. The summed E-state index contributed by atoms with van der Waals surface area (Å²) >= 11 is 5.37. The molecule has 1 aromatic heterocycles. The Hall–Kier alpha value is -0.710. The first-order chi connectivity index (χ1) is 8.99. The molecule has 102 valence electrons. The molecule has 2 nitrogen and oxygen atoms in total. The van der Waals surface area contributed by atoms with Gasteiger partial charge in [0.1, 0.15) is 0 Å². The van der Waals surface area contributed by atoms with Crippen LogP contribution in [0.25, 0.3) is 0 Å². The van der Waals surface area contributed by atoms with Gasteiger partial charge in [0, 0.05) is 21.4 Å². The maximum Gasteiger partial charge on any atom is 0.0900 e. The lowest BCUT2D eigenvalue weighted by Crippen LogP contribution is -2.23. The van der Waals surface area contributed by atoms with Crippen molar-refractivity contribution in [3.8, 4) is 0 Å². The Morgan fingerprint density at radius 1 is 1.16 bits per heavy atom. The SMILES string of the molecule is Cc1nc(C(C)N[C@H](C)c2ccccc2Br)c(C)s1. The lowest BCUT2D eigenvalue weighted by atomic mass is 10.1. The van der Waals surface area contributed by atoms with E-state index in [-0.39, 0.29) is 12.1 Å². The minimum Gasteiger partial charge on any atom is -0.302 e. The largest absolute Gasteiger partial charge is 0.302 e. The van der Waals surface area contributed by atoms with Crippen molar-refractivity contribution in [1.29, 1.82) is 0 Å². The van der Waals surface area contributed by atoms with Crippen molar-refractivity contribution in [2.45, 2.75) is 39.8 Å². The highest BCUT2D eigenvalue weighted by atomic mass is 79.9. The number of aryl methyl sites for hydroxylation is 2. The maximum absolute atomic E-state index is 4.62. The fourth-order valence-electron chi connectivity index (χ4n) is 2.32. The van der Waals surface area contributed by atoms with Crippen molar-refractivity contribution < 1.29 is 0 Å². The summed E-state index contributed by atoms with van der Waals surface area (Å²) in [5.74, 6) is 0. The van der Waals surface area contributed by atoms with E-state index in [0.29, 0.717) is 0 Å². The van der Waals surface area contributed by atoms with Crippen LogP contribution in [0.3, 0.4) is 0 Å². The number of nitrogens with zero attached hydrogens (tertiary/aromatic N) is 1. The van der Waals surface area contributed by atoms with Gasteiger partial charge in [-0.05, 0) is 39.3 Å². The second kappa shape index (κ2) is 6.16. The standard InChI is InChI=1S/C15H19BrN2S/c1-9(13-7-5-6-8-14(13)16)17-10(2)15-11(3)19-12(4)18-15/h5-10,17H,1-4H3/t9-,10?/m1/s1. The van der Waals surface area contributed by atoms with Crippen molar-refractivity contribution in [3.63, 3.8) is 0 Å². The van der Waals surface area contributed by atoms with Gasteiger partial charge in [0.15, 0.2) is 0 Å². The molecule has 19 heavy (non-hydrogen) atoms. The molecule has 1 aromatic carbocycles. The van der Waals surface area contributed by atoms with E-state index in [2.05, 4.69) is 72.1 Å². The van der Waals surface area contributed by atoms with E-state index in [4.69, 9.17) is 0 Å². The summed E-state index contributed by atoms with van der Waals surface area (Å²) < 4.78 is 1.15. The van der Waals surface area contributed by atoms with E-state index in [1.165, 1.54) is 16.1 Å². The Morgan fingerprint density at radius 3 is 2.42 bits per heavy atom. The topological polar surface area (TPSA) is 24.9 Å². The first-order valence-electron chi connectivity index (χ1n) is 6.43. The maximum atomic E-state index is 4.62. The number of rotatable bonds is 4. The highest BCUT2D eigenvalue weighted by Gasteiger charge is 2.17. The first-order valence-corrected chi connectivity index (χ1v) is 8.04. The van der Waals surface area contributed by atoms with Gasteiger partial charge in [-0.3, -0.25) is 0 Å². The number of nitrogens with one attached hydrogen (secondary N) is 1. The Morgan fingerprint density at radius 2 is 1.84 bits per heavy atom. The number of aromatic nitrogens is 1. The van der Waals surface area contributed by atoms with Gasteiger partial charge >= 0.3 is 0 Å². The molecule has 0 radical (unpaired) electrons. The van der Waals surface area contributed by atoms with Crippen LogP contribution < -0.4 is 5.32 Å². The van der Waals surface area contributed by atoms with Gasteiger partial charge in [-0.25, -0.2) is 4.98 Å². The molecule has 2 atom stereocenters. The minimum absolute atomic E-state index is 0.257. The van der Waals surface area contributed by atoms with Crippen molar-refractivity contribution in [3.05, 3.63) is 49.9 Å². The molecule has 0 bridgehead atoms. The van der Waals surface area contributed by atoms with Gasteiger partial charge in [-0.1, -0.05) is 34.1 Å². The number of hydrogen-bond donors (Lipinski definition) is 1. The fraction of sp³-hybridized carbons (Fsp3) is 0.400. The van der Waals surface area contributed by atoms with E-state index in [1.54, 1.807) is 11.3 Å². The van der Waals surface area contributed by atoms with Crippen LogP contribution in [-0.4, -0.2) is 4.98 Å². The predicted molar refractivity (Wildman–Crippen MR) is 85.7 cm³/mol. The van der Waals surface area contributed by atoms with Crippen molar-refractivity contribution in [2.75, 3.05) is 0 Å². The molecule has 0 aliphatic carbocycles. The van der Waals surface area contributed by atoms with Crippen LogP contribution >= 0.6 is 27.3 Å². The monoisotopic (exact) mass is 338 g/mol. The Balaban J connectivity index is 2.13. The molecule has 4 heteroatoms. The number of halogens is 1. The summed E-state index contributed by atoms with van der Waals surface area (Å²) in [6, 6.07) is 8.88. The normalized spacial score (nSPS) is 14.4. The molecule has 0 amide bonds. The number of benzene rings is 1. The molecule has 1 N–H and O–H groups in total. The first kappa shape index (κ1) is 14.7. The van der Waals surface area contributed by atoms with Crippen molar-refractivity contribution >= 4 is 27.3 Å². The zero-order chi connectivity index (χ0) is 14.0. The van der Waals surface area contributed by atoms with Crippen LogP contribution in [0, 0.1) is 13.8 Å². The average Bonchev–Trinajstić information content (AvgIpc) is 2.69. The summed E-state index contributed by atoms with van der Waals surface area (Å²) in [6.07, 6.45) is 0. The van der Waals surface area contributed by atoms with E-state index in [9.17, 15) is 0 Å². The molecule has 0 saturated carbocycles. The minimum atomic E-state index is 0.257. The summed E-state index contributed by atoms with van der Waals surface area (Å²) in [7, 11) is 0. The quantitative estimate of drug-likeness (QED) is 0.854. The molecule has 1 unspecified atom stereocenters. The molecule has 2 aromatic rings. The lowest BCUT2D eigenvalue weighted by molar-refractivity contribution is 0.485. The number of hydrogen-bond acceptors (Lipinski definition) is 3. The molecular formula is C15H19BrN2S. The van der Waals surface area contributed by atoms with Crippen LogP contribution in [0.2, 0.25) is 0 Å². The highest BCUT2D eigenvalue weighted by Crippen LogP contribution is 2.27. The summed E-state index contributed by atoms with van der Waals surface area (Å²) in [4.78, 5) is 5.93. The van der Waals surface area contributed by atoms with Gasteiger partial charge in [0.2, 0.25) is 0 Å². The van der Waals surface area contributed by atoms with Crippen LogP contribution in [0.4, 0.5) is 0 Å². The third-order valence-electron chi connectivity index (χ3n) is 3.22. The van der Waals surface area contributed by atoms with Crippen molar-refractivity contribution in [1.82, 2.24) is 10.3 Å². The van der Waals surface area contributed by atoms with E-state index >= 15 is 0 Å². The predicted octanol–water partition coefficient (Wildman–Crippen LogP) is 4.93. The molecule has 0 spiro atoms. The summed E-state index contributed by atoms with van der Waals surface area (Å²) in [6.45, 7) is 8.56. The average molecular weight is 339 g/mol. The van der Waals surface area contributed by atoms with Crippen LogP contribution in [0.15, 0.2) is 28.7 Å². The Kier molecular flexibility index (Phi) is 4.76. The lowest BCUT2D eigenvalue weighted by Gasteiger charge is -2.20. The zero-order valence-corrected chi connectivity index (χ0v) is 14.1. The molecule has 1 heterocycles. The summed E-state index contributed by atoms with van der Waals surface area (Å²) in [5, 5.41) is 4.76.